The van der Waals surface area contributed by atoms with E-state index >= 15 is 0 Å². The first-order chi connectivity index (χ1) is 10.2. The average Bonchev–Trinajstić information content (AvgIpc) is 3.27. The number of amides is 2. The van der Waals surface area contributed by atoms with Crippen molar-refractivity contribution in [2.75, 3.05) is 25.0 Å². The van der Waals surface area contributed by atoms with Gasteiger partial charge in [-0.1, -0.05) is 18.3 Å². The fourth-order valence-corrected chi connectivity index (χ4v) is 3.66. The first kappa shape index (κ1) is 14.7. The minimum Gasteiger partial charge on any atom is -0.396 e. The van der Waals surface area contributed by atoms with Crippen LogP contribution in [0.1, 0.15) is 50.0 Å². The van der Waals surface area contributed by atoms with Crippen LogP contribution in [0.25, 0.3) is 0 Å². The van der Waals surface area contributed by atoms with E-state index in [9.17, 15) is 9.90 Å². The Hall–Kier alpha value is -1.21. The van der Waals surface area contributed by atoms with Crippen molar-refractivity contribution in [2.45, 2.75) is 44.9 Å². The topological polar surface area (TPSA) is 78.4 Å². The molecule has 1 aromatic rings. The van der Waals surface area contributed by atoms with Crippen LogP contribution < -0.4 is 5.32 Å². The number of hydrogen-bond donors (Lipinski definition) is 2. The molecule has 0 bridgehead atoms. The second-order valence-electron chi connectivity index (χ2n) is 6.15. The second-order valence-corrected chi connectivity index (χ2v) is 7.16. The summed E-state index contributed by atoms with van der Waals surface area (Å²) in [6.07, 6.45) is 5.05. The number of nitrogens with one attached hydrogen (secondary N) is 1. The number of carbonyl (C=O) groups excluding carboxylic acids is 1. The third-order valence-corrected chi connectivity index (χ3v) is 5.78. The number of hydrogen-bond acceptors (Lipinski definition) is 5. The highest BCUT2D eigenvalue weighted by atomic mass is 32.1. The summed E-state index contributed by atoms with van der Waals surface area (Å²) in [5.41, 5.74) is -0.00133. The van der Waals surface area contributed by atoms with Crippen LogP contribution in [-0.2, 0) is 0 Å². The number of rotatable bonds is 4. The first-order valence-corrected chi connectivity index (χ1v) is 8.47. The summed E-state index contributed by atoms with van der Waals surface area (Å²) in [6.45, 7) is 3.69. The first-order valence-electron chi connectivity index (χ1n) is 7.66. The van der Waals surface area contributed by atoms with Gasteiger partial charge in [0.2, 0.25) is 5.13 Å². The van der Waals surface area contributed by atoms with Gasteiger partial charge in [0.05, 0.1) is 0 Å². The van der Waals surface area contributed by atoms with Crippen molar-refractivity contribution >= 4 is 22.5 Å². The maximum Gasteiger partial charge on any atom is 0.323 e. The van der Waals surface area contributed by atoms with Crippen molar-refractivity contribution in [1.29, 1.82) is 0 Å². The summed E-state index contributed by atoms with van der Waals surface area (Å²) in [5.74, 6) is 0.567. The number of piperidine rings is 1. The Morgan fingerprint density at radius 3 is 2.71 bits per heavy atom. The van der Waals surface area contributed by atoms with Gasteiger partial charge in [-0.25, -0.2) is 4.79 Å². The Bertz CT molecular complexity index is 501. The predicted molar refractivity (Wildman–Crippen MR) is 81.5 cm³/mol. The molecule has 21 heavy (non-hydrogen) atoms. The Kier molecular flexibility index (Phi) is 4.12. The van der Waals surface area contributed by atoms with Crippen molar-refractivity contribution in [3.8, 4) is 0 Å². The van der Waals surface area contributed by atoms with Crippen LogP contribution in [0.2, 0.25) is 0 Å². The zero-order chi connectivity index (χ0) is 14.9. The van der Waals surface area contributed by atoms with Gasteiger partial charge in [0.15, 0.2) is 0 Å². The molecule has 2 heterocycles. The van der Waals surface area contributed by atoms with Crippen LogP contribution >= 0.6 is 11.3 Å². The number of nitrogens with zero attached hydrogens (tertiary/aromatic N) is 3. The quantitative estimate of drug-likeness (QED) is 0.895. The van der Waals surface area contributed by atoms with E-state index in [2.05, 4.69) is 22.4 Å². The molecular formula is C14H22N4O2S. The Morgan fingerprint density at radius 1 is 1.43 bits per heavy atom. The van der Waals surface area contributed by atoms with Gasteiger partial charge in [-0.05, 0) is 37.5 Å². The molecule has 2 aliphatic rings. The van der Waals surface area contributed by atoms with E-state index in [0.717, 1.165) is 24.3 Å². The van der Waals surface area contributed by atoms with Crippen LogP contribution in [0.15, 0.2) is 0 Å². The van der Waals surface area contributed by atoms with Gasteiger partial charge in [-0.2, -0.15) is 0 Å². The lowest BCUT2D eigenvalue weighted by Gasteiger charge is -2.39. The highest BCUT2D eigenvalue weighted by Crippen LogP contribution is 2.42. The minimum absolute atomic E-state index is 0.00133. The molecule has 1 saturated carbocycles. The van der Waals surface area contributed by atoms with Crippen molar-refractivity contribution in [3.05, 3.63) is 5.01 Å². The van der Waals surface area contributed by atoms with E-state index in [-0.39, 0.29) is 18.1 Å². The second kappa shape index (κ2) is 5.88. The zero-order valence-corrected chi connectivity index (χ0v) is 13.2. The van der Waals surface area contributed by atoms with Crippen molar-refractivity contribution < 1.29 is 9.90 Å². The van der Waals surface area contributed by atoms with Crippen LogP contribution in [0.5, 0.6) is 0 Å². The van der Waals surface area contributed by atoms with Gasteiger partial charge in [0.25, 0.3) is 0 Å². The highest BCUT2D eigenvalue weighted by molar-refractivity contribution is 7.15. The van der Waals surface area contributed by atoms with Crippen molar-refractivity contribution in [2.24, 2.45) is 5.41 Å². The van der Waals surface area contributed by atoms with Crippen molar-refractivity contribution in [1.82, 2.24) is 15.1 Å². The maximum atomic E-state index is 12.2. The molecule has 0 unspecified atom stereocenters. The summed E-state index contributed by atoms with van der Waals surface area (Å²) >= 11 is 1.48. The molecule has 1 saturated heterocycles. The third-order valence-electron chi connectivity index (χ3n) is 4.78. The Labute approximate surface area is 128 Å². The number of aliphatic hydroxyl groups is 1. The van der Waals surface area contributed by atoms with E-state index in [0.29, 0.717) is 24.1 Å². The van der Waals surface area contributed by atoms with E-state index in [1.165, 1.54) is 24.2 Å². The van der Waals surface area contributed by atoms with Gasteiger partial charge in [0.1, 0.15) is 5.01 Å². The number of likely N-dealkylation sites (tertiary alicyclic amines) is 1. The standard InChI is InChI=1S/C14H22N4O2S/c1-2-14(9-19)5-7-18(8-6-14)13(20)15-12-17-16-11(21-12)10-3-4-10/h10,19H,2-9H2,1H3,(H,15,17,20). The lowest BCUT2D eigenvalue weighted by Crippen LogP contribution is -2.46. The van der Waals surface area contributed by atoms with E-state index in [1.54, 1.807) is 0 Å². The van der Waals surface area contributed by atoms with Crippen molar-refractivity contribution in [3.63, 3.8) is 0 Å². The summed E-state index contributed by atoms with van der Waals surface area (Å²) in [5, 5.41) is 22.2. The Balaban J connectivity index is 1.53. The average molecular weight is 310 g/mol. The van der Waals surface area contributed by atoms with Gasteiger partial charge >= 0.3 is 6.03 Å². The third kappa shape index (κ3) is 3.18. The molecule has 2 amide bonds. The monoisotopic (exact) mass is 310 g/mol. The highest BCUT2D eigenvalue weighted by Gasteiger charge is 2.34. The zero-order valence-electron chi connectivity index (χ0n) is 12.3. The van der Waals surface area contributed by atoms with Gasteiger partial charge in [-0.3, -0.25) is 5.32 Å². The molecule has 0 radical (unpaired) electrons. The van der Waals surface area contributed by atoms with E-state index in [1.807, 2.05) is 4.90 Å². The lowest BCUT2D eigenvalue weighted by molar-refractivity contribution is 0.0542. The molecule has 0 aromatic carbocycles. The fraction of sp³-hybridized carbons (Fsp3) is 0.786. The van der Waals surface area contributed by atoms with Gasteiger partial charge in [0, 0.05) is 25.6 Å². The number of carbonyl (C=O) groups is 1. The predicted octanol–water partition coefficient (Wildman–Crippen LogP) is 2.43. The molecule has 2 fully saturated rings. The molecule has 6 nitrogen and oxygen atoms in total. The SMILES string of the molecule is CCC1(CO)CCN(C(=O)Nc2nnc(C3CC3)s2)CC1. The molecular weight excluding hydrogens is 288 g/mol. The molecule has 116 valence electrons. The molecule has 7 heteroatoms. The normalized spacial score (nSPS) is 21.3. The molecule has 0 atom stereocenters. The number of urea groups is 1. The maximum absolute atomic E-state index is 12.2. The summed E-state index contributed by atoms with van der Waals surface area (Å²) in [7, 11) is 0. The van der Waals surface area contributed by atoms with Crippen LogP contribution in [-0.4, -0.2) is 45.9 Å². The lowest BCUT2D eigenvalue weighted by atomic mass is 9.77. The fourth-order valence-electron chi connectivity index (χ4n) is 2.76. The largest absolute Gasteiger partial charge is 0.396 e. The Morgan fingerprint density at radius 2 is 2.14 bits per heavy atom. The van der Waals surface area contributed by atoms with Crippen LogP contribution in [0.4, 0.5) is 9.93 Å². The molecule has 1 aromatic heterocycles. The molecule has 1 aliphatic heterocycles. The van der Waals surface area contributed by atoms with Crippen LogP contribution in [0.3, 0.4) is 0 Å². The number of aromatic nitrogens is 2. The van der Waals surface area contributed by atoms with E-state index in [4.69, 9.17) is 0 Å². The molecule has 3 rings (SSSR count). The number of aliphatic hydroxyl groups excluding tert-OH is 1. The summed E-state index contributed by atoms with van der Waals surface area (Å²) in [4.78, 5) is 14.0. The minimum atomic E-state index is -0.101. The van der Waals surface area contributed by atoms with Gasteiger partial charge in [-0.15, -0.1) is 10.2 Å². The molecule has 0 spiro atoms. The number of anilines is 1. The smallest absolute Gasteiger partial charge is 0.323 e. The van der Waals surface area contributed by atoms with Gasteiger partial charge < -0.3 is 10.0 Å². The molecule has 2 N–H and O–H groups in total. The molecule has 1 aliphatic carbocycles. The summed E-state index contributed by atoms with van der Waals surface area (Å²) < 4.78 is 0. The van der Waals surface area contributed by atoms with Crippen LogP contribution in [0, 0.1) is 5.41 Å². The van der Waals surface area contributed by atoms with E-state index < -0.39 is 0 Å². The summed E-state index contributed by atoms with van der Waals surface area (Å²) in [6, 6.07) is -0.101.